The molecule has 1 aliphatic heterocycles. The number of carboxylic acids is 2. The van der Waals surface area contributed by atoms with Crippen molar-refractivity contribution in [2.24, 2.45) is 4.99 Å². The van der Waals surface area contributed by atoms with E-state index in [0.29, 0.717) is 0 Å². The minimum absolute atomic E-state index is 0. The summed E-state index contributed by atoms with van der Waals surface area (Å²) < 4.78 is 0.995. The predicted octanol–water partition coefficient (Wildman–Crippen LogP) is 6.59. The van der Waals surface area contributed by atoms with Crippen LogP contribution in [-0.2, 0) is 4.79 Å². The molecule has 1 aromatic heterocycles. The molecular weight excluding hydrogens is 507 g/mol. The topological polar surface area (TPSA) is 92.6 Å². The first-order chi connectivity index (χ1) is 18.0. The van der Waals surface area contributed by atoms with Gasteiger partial charge in [0.2, 0.25) is 0 Å². The van der Waals surface area contributed by atoms with Crippen LogP contribution < -0.4 is 10.2 Å². The summed E-state index contributed by atoms with van der Waals surface area (Å²) in [5.74, 6) is -2.03. The molecule has 0 aliphatic carbocycles. The molecule has 0 fully saturated rings. The molecular formula is C31H43MgNO4S. The van der Waals surface area contributed by atoms with E-state index in [4.69, 9.17) is 0 Å². The maximum Gasteiger partial charge on any atom is 2.00 e. The second kappa shape index (κ2) is 20.2. The summed E-state index contributed by atoms with van der Waals surface area (Å²) in [5.41, 5.74) is 2.95. The summed E-state index contributed by atoms with van der Waals surface area (Å²) >= 11 is 1.54. The number of aryl methyl sites for hydroxylation is 1. The van der Waals surface area contributed by atoms with E-state index in [1.54, 1.807) is 29.8 Å². The van der Waals surface area contributed by atoms with Gasteiger partial charge < -0.3 is 19.8 Å². The number of aromatic carboxylic acids is 1. The zero-order valence-electron chi connectivity index (χ0n) is 23.4. The number of nitrogens with zero attached hydrogens (tertiary/aromatic N) is 1. The molecule has 1 aliphatic rings. The Morgan fingerprint density at radius 3 is 1.84 bits per heavy atom. The minimum Gasteiger partial charge on any atom is -0.550 e. The van der Waals surface area contributed by atoms with Crippen LogP contribution >= 0.6 is 11.3 Å². The van der Waals surface area contributed by atoms with Gasteiger partial charge in [0.1, 0.15) is 0 Å². The first-order valence-corrected chi connectivity index (χ1v) is 15.0. The second-order valence-corrected chi connectivity index (χ2v) is 10.9. The van der Waals surface area contributed by atoms with Crippen molar-refractivity contribution in [3.63, 3.8) is 0 Å². The van der Waals surface area contributed by atoms with Crippen LogP contribution in [0.5, 0.6) is 0 Å². The van der Waals surface area contributed by atoms with Gasteiger partial charge in [0.15, 0.2) is 0 Å². The fourth-order valence-electron chi connectivity index (χ4n) is 4.73. The SMILES string of the molecule is CCCCCCCCCCCCCCCCCC(=O)[O-].Cc1c(C(=O)[O-])cc2c3c(csc13)C=NC=C2.[Mg+2]. The number of carboxylic acid groups (broad SMARTS) is 2. The van der Waals surface area contributed by atoms with Gasteiger partial charge in [-0.25, -0.2) is 0 Å². The monoisotopic (exact) mass is 549 g/mol. The molecule has 0 unspecified atom stereocenters. The van der Waals surface area contributed by atoms with Crippen LogP contribution in [0.4, 0.5) is 0 Å². The summed E-state index contributed by atoms with van der Waals surface area (Å²) in [6.07, 6.45) is 25.2. The number of hydrogen-bond donors (Lipinski definition) is 0. The fourth-order valence-corrected chi connectivity index (χ4v) is 5.79. The molecule has 0 saturated carbocycles. The van der Waals surface area contributed by atoms with Gasteiger partial charge in [-0.15, -0.1) is 11.3 Å². The molecule has 0 amide bonds. The van der Waals surface area contributed by atoms with Crippen molar-refractivity contribution in [1.82, 2.24) is 0 Å². The van der Waals surface area contributed by atoms with Crippen LogP contribution in [0.2, 0.25) is 0 Å². The van der Waals surface area contributed by atoms with Gasteiger partial charge in [-0.3, -0.25) is 4.99 Å². The second-order valence-electron chi connectivity index (χ2n) is 9.99. The van der Waals surface area contributed by atoms with Gasteiger partial charge in [-0.1, -0.05) is 96.8 Å². The molecule has 0 spiro atoms. The number of unbranched alkanes of at least 4 members (excludes halogenated alkanes) is 14. The van der Waals surface area contributed by atoms with Crippen molar-refractivity contribution in [2.45, 2.75) is 117 Å². The summed E-state index contributed by atoms with van der Waals surface area (Å²) in [7, 11) is 0. The van der Waals surface area contributed by atoms with Crippen LogP contribution in [0.25, 0.3) is 16.2 Å². The maximum atomic E-state index is 11.1. The van der Waals surface area contributed by atoms with Crippen molar-refractivity contribution >= 4 is 68.7 Å². The number of aliphatic carboxylic acids is 1. The Hall–Kier alpha value is -1.70. The summed E-state index contributed by atoms with van der Waals surface area (Å²) in [5, 5.41) is 24.4. The largest absolute Gasteiger partial charge is 2.00 e. The molecule has 0 N–H and O–H groups in total. The Bertz CT molecular complexity index is 1040. The molecule has 38 heavy (non-hydrogen) atoms. The van der Waals surface area contributed by atoms with Crippen molar-refractivity contribution in [3.8, 4) is 0 Å². The molecule has 0 radical (unpaired) electrons. The number of thiophene rings is 1. The van der Waals surface area contributed by atoms with Crippen LogP contribution in [-0.4, -0.2) is 41.2 Å². The Morgan fingerprint density at radius 2 is 1.34 bits per heavy atom. The Morgan fingerprint density at radius 1 is 0.816 bits per heavy atom. The predicted molar refractivity (Wildman–Crippen MR) is 158 cm³/mol. The first kappa shape index (κ1) is 34.3. The minimum atomic E-state index is -1.13. The van der Waals surface area contributed by atoms with Gasteiger partial charge in [0, 0.05) is 45.0 Å². The molecule has 2 heterocycles. The van der Waals surface area contributed by atoms with Crippen LogP contribution in [0.15, 0.2) is 22.6 Å². The normalized spacial score (nSPS) is 11.5. The molecule has 0 atom stereocenters. The van der Waals surface area contributed by atoms with E-state index in [1.165, 1.54) is 83.5 Å². The van der Waals surface area contributed by atoms with Gasteiger partial charge in [-0.2, -0.15) is 0 Å². The van der Waals surface area contributed by atoms with Crippen LogP contribution in [0, 0.1) is 6.92 Å². The third-order valence-electron chi connectivity index (χ3n) is 6.91. The third kappa shape index (κ3) is 12.4. The average Bonchev–Trinajstić information content (AvgIpc) is 3.19. The van der Waals surface area contributed by atoms with E-state index in [2.05, 4.69) is 11.9 Å². The molecule has 5 nitrogen and oxygen atoms in total. The number of rotatable bonds is 17. The van der Waals surface area contributed by atoms with Gasteiger partial charge in [0.05, 0.1) is 5.97 Å². The fraction of sp³-hybridized carbons (Fsp3) is 0.581. The Labute approximate surface area is 249 Å². The molecule has 7 heteroatoms. The third-order valence-corrected chi connectivity index (χ3v) is 8.03. The summed E-state index contributed by atoms with van der Waals surface area (Å²) in [6.45, 7) is 4.08. The average molecular weight is 550 g/mol. The molecule has 3 rings (SSSR count). The van der Waals surface area contributed by atoms with Crippen molar-refractivity contribution in [2.75, 3.05) is 0 Å². The summed E-state index contributed by atoms with van der Waals surface area (Å²) in [4.78, 5) is 25.4. The molecule has 0 bridgehead atoms. The summed E-state index contributed by atoms with van der Waals surface area (Å²) in [6, 6.07) is 1.66. The first-order valence-electron chi connectivity index (χ1n) is 14.1. The quantitative estimate of drug-likeness (QED) is 0.164. The van der Waals surface area contributed by atoms with E-state index < -0.39 is 11.9 Å². The van der Waals surface area contributed by atoms with Gasteiger partial charge in [-0.05, 0) is 43.0 Å². The van der Waals surface area contributed by atoms with Gasteiger partial charge in [0.25, 0.3) is 0 Å². The maximum absolute atomic E-state index is 11.1. The Kier molecular flexibility index (Phi) is 18.3. The van der Waals surface area contributed by atoms with Crippen molar-refractivity contribution in [1.29, 1.82) is 0 Å². The standard InChI is InChI=1S/C18H36O2.C13H9NO2S.Mg/c1-2-3-4-5-6-7-8-9-10-11-12-13-14-15-16-17-18(19)20;1-7-10(13(15)16)4-8-2-3-14-5-9-6-17-12(7)11(8)9;/h2-17H2,1H3,(H,19,20);2-6H,1H3,(H,15,16);/q;;+2/p-2. The van der Waals surface area contributed by atoms with E-state index >= 15 is 0 Å². The molecule has 204 valence electrons. The van der Waals surface area contributed by atoms with Crippen LogP contribution in [0.3, 0.4) is 0 Å². The zero-order valence-corrected chi connectivity index (χ0v) is 25.6. The van der Waals surface area contributed by atoms with E-state index in [0.717, 1.165) is 39.6 Å². The van der Waals surface area contributed by atoms with E-state index in [9.17, 15) is 19.8 Å². The number of hydrogen-bond acceptors (Lipinski definition) is 6. The van der Waals surface area contributed by atoms with Crippen LogP contribution in [0.1, 0.15) is 137 Å². The molecule has 2 aromatic rings. The van der Waals surface area contributed by atoms with E-state index in [1.807, 2.05) is 18.4 Å². The number of carbonyl (C=O) groups is 2. The van der Waals surface area contributed by atoms with Crippen molar-refractivity contribution < 1.29 is 19.8 Å². The number of carbonyl (C=O) groups excluding carboxylic acids is 2. The van der Waals surface area contributed by atoms with E-state index in [-0.39, 0.29) is 35.0 Å². The molecule has 0 saturated heterocycles. The molecule has 1 aromatic carbocycles. The number of benzene rings is 1. The Balaban J connectivity index is 0.000000372. The van der Waals surface area contributed by atoms with Gasteiger partial charge >= 0.3 is 23.1 Å². The smallest absolute Gasteiger partial charge is 0.550 e. The number of aliphatic imine (C=N–C) groups is 1. The van der Waals surface area contributed by atoms with Crippen molar-refractivity contribution in [3.05, 3.63) is 39.9 Å². The zero-order chi connectivity index (χ0) is 26.9.